The first kappa shape index (κ1) is 14.4. The first-order chi connectivity index (χ1) is 7.86. The molecule has 0 spiro atoms. The van der Waals surface area contributed by atoms with E-state index < -0.39 is 0 Å². The van der Waals surface area contributed by atoms with Crippen LogP contribution < -0.4 is 0 Å². The van der Waals surface area contributed by atoms with E-state index in [4.69, 9.17) is 0 Å². The smallest absolute Gasteiger partial charge is 0.146 e. The lowest BCUT2D eigenvalue weighted by atomic mass is 9.82. The highest BCUT2D eigenvalue weighted by Crippen LogP contribution is 2.27. The number of benzene rings is 1. The fraction of sp³-hybridized carbons (Fsp3) is 0.533. The minimum absolute atomic E-state index is 0.0593. The van der Waals surface area contributed by atoms with Gasteiger partial charge in [-0.1, -0.05) is 67.9 Å². The lowest BCUT2D eigenvalue weighted by Gasteiger charge is -2.23. The van der Waals surface area contributed by atoms with Crippen molar-refractivity contribution in [2.24, 2.45) is 0 Å². The van der Waals surface area contributed by atoms with Crippen LogP contribution in [0.25, 0.3) is 0 Å². The first-order valence-corrected chi connectivity index (χ1v) is 7.03. The van der Waals surface area contributed by atoms with E-state index in [9.17, 15) is 4.79 Å². The molecule has 0 aliphatic rings. The van der Waals surface area contributed by atoms with Gasteiger partial charge in [-0.25, -0.2) is 0 Å². The van der Waals surface area contributed by atoms with Crippen LogP contribution in [-0.2, 0) is 16.6 Å². The van der Waals surface area contributed by atoms with Crippen LogP contribution in [0.3, 0.4) is 0 Å². The lowest BCUT2D eigenvalue weighted by molar-refractivity contribution is -0.118. The highest BCUT2D eigenvalue weighted by atomic mass is 79.9. The van der Waals surface area contributed by atoms with Crippen molar-refractivity contribution in [3.8, 4) is 0 Å². The number of alkyl halides is 1. The number of rotatable bonds is 4. The topological polar surface area (TPSA) is 17.1 Å². The molecule has 0 saturated heterocycles. The molecule has 1 rings (SSSR count). The summed E-state index contributed by atoms with van der Waals surface area (Å²) in [5.74, 6) is 0.272. The Morgan fingerprint density at radius 1 is 1.29 bits per heavy atom. The van der Waals surface area contributed by atoms with Crippen molar-refractivity contribution in [1.82, 2.24) is 0 Å². The molecule has 0 N–H and O–H groups in total. The zero-order valence-electron chi connectivity index (χ0n) is 11.1. The van der Waals surface area contributed by atoms with Gasteiger partial charge in [-0.2, -0.15) is 0 Å². The lowest BCUT2D eigenvalue weighted by Crippen LogP contribution is -2.20. The van der Waals surface area contributed by atoms with Gasteiger partial charge in [-0.15, -0.1) is 0 Å². The summed E-state index contributed by atoms with van der Waals surface area (Å²) in [6.07, 6.45) is 1.37. The number of hydrogen-bond donors (Lipinski definition) is 0. The van der Waals surface area contributed by atoms with Crippen LogP contribution in [0, 0.1) is 0 Å². The molecule has 1 unspecified atom stereocenters. The summed E-state index contributed by atoms with van der Waals surface area (Å²) in [7, 11) is 0. The Bertz CT molecular complexity index is 390. The van der Waals surface area contributed by atoms with Crippen molar-refractivity contribution in [1.29, 1.82) is 0 Å². The third-order valence-electron chi connectivity index (χ3n) is 2.92. The molecule has 94 valence electrons. The standard InChI is InChI=1S/C15H21BrO/c1-5-14(17)13(16)10-11-8-6-7-9-12(11)15(2,3)4/h6-9,13H,5,10H2,1-4H3. The van der Waals surface area contributed by atoms with Gasteiger partial charge in [0.05, 0.1) is 4.83 Å². The van der Waals surface area contributed by atoms with E-state index in [-0.39, 0.29) is 16.0 Å². The predicted octanol–water partition coefficient (Wildman–Crippen LogP) is 4.27. The molecule has 1 aromatic rings. The van der Waals surface area contributed by atoms with Crippen LogP contribution in [0.1, 0.15) is 45.2 Å². The molecule has 1 aromatic carbocycles. The molecule has 0 heterocycles. The van der Waals surface area contributed by atoms with Crippen LogP contribution in [0.15, 0.2) is 24.3 Å². The third kappa shape index (κ3) is 3.95. The van der Waals surface area contributed by atoms with Gasteiger partial charge in [0.15, 0.2) is 0 Å². The van der Waals surface area contributed by atoms with Crippen molar-refractivity contribution in [2.45, 2.75) is 50.8 Å². The van der Waals surface area contributed by atoms with E-state index in [0.29, 0.717) is 6.42 Å². The first-order valence-electron chi connectivity index (χ1n) is 6.11. The number of ketones is 1. The predicted molar refractivity (Wildman–Crippen MR) is 76.9 cm³/mol. The number of carbonyl (C=O) groups is 1. The molecular weight excluding hydrogens is 276 g/mol. The third-order valence-corrected chi connectivity index (χ3v) is 3.76. The summed E-state index contributed by atoms with van der Waals surface area (Å²) in [6, 6.07) is 8.39. The Morgan fingerprint density at radius 3 is 2.41 bits per heavy atom. The summed E-state index contributed by atoms with van der Waals surface area (Å²) >= 11 is 3.49. The van der Waals surface area contributed by atoms with Gasteiger partial charge < -0.3 is 0 Å². The molecule has 0 amide bonds. The van der Waals surface area contributed by atoms with Crippen LogP contribution in [0.2, 0.25) is 0 Å². The van der Waals surface area contributed by atoms with Gasteiger partial charge in [-0.05, 0) is 23.0 Å². The molecule has 2 heteroatoms. The largest absolute Gasteiger partial charge is 0.298 e. The second kappa shape index (κ2) is 5.81. The van der Waals surface area contributed by atoms with Crippen molar-refractivity contribution in [3.63, 3.8) is 0 Å². The summed E-state index contributed by atoms with van der Waals surface area (Å²) in [5.41, 5.74) is 2.72. The van der Waals surface area contributed by atoms with Crippen LogP contribution >= 0.6 is 15.9 Å². The Hall–Kier alpha value is -0.630. The molecule has 0 fully saturated rings. The highest BCUT2D eigenvalue weighted by Gasteiger charge is 2.20. The maximum absolute atomic E-state index is 11.6. The van der Waals surface area contributed by atoms with E-state index in [2.05, 4.69) is 54.9 Å². The summed E-state index contributed by atoms with van der Waals surface area (Å²) in [5, 5.41) is 0. The zero-order valence-corrected chi connectivity index (χ0v) is 12.7. The molecule has 0 bridgehead atoms. The Labute approximate surface area is 113 Å². The second-order valence-electron chi connectivity index (χ2n) is 5.40. The van der Waals surface area contributed by atoms with Crippen molar-refractivity contribution in [2.75, 3.05) is 0 Å². The molecule has 1 nitrogen and oxygen atoms in total. The minimum Gasteiger partial charge on any atom is -0.298 e. The normalized spacial score (nSPS) is 13.5. The highest BCUT2D eigenvalue weighted by molar-refractivity contribution is 9.10. The van der Waals surface area contributed by atoms with Crippen molar-refractivity contribution in [3.05, 3.63) is 35.4 Å². The van der Waals surface area contributed by atoms with E-state index >= 15 is 0 Å². The maximum Gasteiger partial charge on any atom is 0.146 e. The maximum atomic E-state index is 11.6. The average molecular weight is 297 g/mol. The zero-order chi connectivity index (χ0) is 13.1. The van der Waals surface area contributed by atoms with Crippen LogP contribution in [0.5, 0.6) is 0 Å². The molecule has 0 aliphatic carbocycles. The van der Waals surface area contributed by atoms with Gasteiger partial charge in [0, 0.05) is 6.42 Å². The van der Waals surface area contributed by atoms with Crippen molar-refractivity contribution >= 4 is 21.7 Å². The summed E-state index contributed by atoms with van der Waals surface area (Å²) in [6.45, 7) is 8.52. The van der Waals surface area contributed by atoms with E-state index in [1.807, 2.05) is 13.0 Å². The Kier molecular flexibility index (Phi) is 4.93. The fourth-order valence-corrected chi connectivity index (χ4v) is 2.63. The molecule has 0 aliphatic heterocycles. The van der Waals surface area contributed by atoms with Gasteiger partial charge in [0.1, 0.15) is 5.78 Å². The average Bonchev–Trinajstić information content (AvgIpc) is 2.27. The molecule has 0 radical (unpaired) electrons. The molecule has 17 heavy (non-hydrogen) atoms. The minimum atomic E-state index is -0.0593. The Morgan fingerprint density at radius 2 is 1.88 bits per heavy atom. The number of hydrogen-bond acceptors (Lipinski definition) is 1. The second-order valence-corrected chi connectivity index (χ2v) is 6.50. The van der Waals surface area contributed by atoms with E-state index in [1.165, 1.54) is 11.1 Å². The summed E-state index contributed by atoms with van der Waals surface area (Å²) < 4.78 is 0. The molecule has 1 atom stereocenters. The van der Waals surface area contributed by atoms with E-state index in [0.717, 1.165) is 6.42 Å². The number of halogens is 1. The molecular formula is C15H21BrO. The molecule has 0 saturated carbocycles. The van der Waals surface area contributed by atoms with Gasteiger partial charge in [0.2, 0.25) is 0 Å². The quantitative estimate of drug-likeness (QED) is 0.759. The number of Topliss-reactive ketones (excluding diaryl/α,β-unsaturated/α-hetero) is 1. The van der Waals surface area contributed by atoms with Gasteiger partial charge in [-0.3, -0.25) is 4.79 Å². The van der Waals surface area contributed by atoms with Crippen LogP contribution in [-0.4, -0.2) is 10.6 Å². The van der Waals surface area contributed by atoms with Crippen molar-refractivity contribution < 1.29 is 4.79 Å². The molecule has 0 aromatic heterocycles. The van der Waals surface area contributed by atoms with E-state index in [1.54, 1.807) is 0 Å². The van der Waals surface area contributed by atoms with Gasteiger partial charge >= 0.3 is 0 Å². The fourth-order valence-electron chi connectivity index (χ4n) is 1.96. The summed E-state index contributed by atoms with van der Waals surface area (Å²) in [4.78, 5) is 11.6. The monoisotopic (exact) mass is 296 g/mol. The Balaban J connectivity index is 2.95. The van der Waals surface area contributed by atoms with Crippen LogP contribution in [0.4, 0.5) is 0 Å². The number of carbonyl (C=O) groups excluding carboxylic acids is 1. The van der Waals surface area contributed by atoms with Gasteiger partial charge in [0.25, 0.3) is 0 Å². The SMILES string of the molecule is CCC(=O)C(Br)Cc1ccccc1C(C)(C)C.